The molecular formula is C16H26N2O2S. The maximum atomic E-state index is 11.8. The largest absolute Gasteiger partial charge is 0.444 e. The molecule has 1 aromatic heterocycles. The summed E-state index contributed by atoms with van der Waals surface area (Å²) in [7, 11) is 0. The van der Waals surface area contributed by atoms with Crippen LogP contribution in [0.3, 0.4) is 0 Å². The molecule has 5 heteroatoms. The topological polar surface area (TPSA) is 50.4 Å². The van der Waals surface area contributed by atoms with Crippen molar-refractivity contribution < 1.29 is 9.53 Å². The Bertz CT molecular complexity index is 440. The van der Waals surface area contributed by atoms with Crippen LogP contribution < -0.4 is 10.6 Å². The Balaban J connectivity index is 1.83. The fourth-order valence-corrected chi connectivity index (χ4v) is 3.33. The second-order valence-corrected chi connectivity index (χ2v) is 7.47. The van der Waals surface area contributed by atoms with Crippen LogP contribution in [0.25, 0.3) is 0 Å². The summed E-state index contributed by atoms with van der Waals surface area (Å²) in [6.45, 7) is 6.33. The second kappa shape index (κ2) is 7.16. The third-order valence-corrected chi connectivity index (χ3v) is 4.37. The highest BCUT2D eigenvalue weighted by molar-refractivity contribution is 7.08. The average Bonchev–Trinajstić information content (AvgIpc) is 2.88. The molecule has 1 saturated carbocycles. The number of anilines is 1. The van der Waals surface area contributed by atoms with Gasteiger partial charge in [0.05, 0.1) is 0 Å². The minimum Gasteiger partial charge on any atom is -0.444 e. The maximum absolute atomic E-state index is 11.8. The number of carbonyl (C=O) groups excluding carboxylic acids is 1. The summed E-state index contributed by atoms with van der Waals surface area (Å²) in [5, 5.41) is 10.7. The Kier molecular flexibility index (Phi) is 5.51. The SMILES string of the molecule is CC(C)(C)OC(=O)NCC1CCCCC1Nc1ccsc1. The number of rotatable bonds is 4. The number of ether oxygens (including phenoxy) is 1. The Hall–Kier alpha value is -1.23. The van der Waals surface area contributed by atoms with Crippen LogP contribution >= 0.6 is 11.3 Å². The molecule has 118 valence electrons. The first kappa shape index (κ1) is 16.1. The molecule has 0 radical (unpaired) electrons. The van der Waals surface area contributed by atoms with Gasteiger partial charge in [0.25, 0.3) is 0 Å². The minimum absolute atomic E-state index is 0.317. The first-order chi connectivity index (χ1) is 9.94. The molecule has 2 rings (SSSR count). The van der Waals surface area contributed by atoms with Gasteiger partial charge in [0, 0.05) is 23.7 Å². The highest BCUT2D eigenvalue weighted by atomic mass is 32.1. The van der Waals surface area contributed by atoms with Crippen LogP contribution in [0.2, 0.25) is 0 Å². The fourth-order valence-electron chi connectivity index (χ4n) is 2.73. The lowest BCUT2D eigenvalue weighted by Crippen LogP contribution is -2.42. The van der Waals surface area contributed by atoms with E-state index >= 15 is 0 Å². The van der Waals surface area contributed by atoms with Gasteiger partial charge in [-0.05, 0) is 51.0 Å². The van der Waals surface area contributed by atoms with Crippen LogP contribution in [-0.4, -0.2) is 24.3 Å². The van der Waals surface area contributed by atoms with Crippen molar-refractivity contribution in [2.75, 3.05) is 11.9 Å². The van der Waals surface area contributed by atoms with Gasteiger partial charge < -0.3 is 15.4 Å². The van der Waals surface area contributed by atoms with E-state index in [2.05, 4.69) is 27.5 Å². The highest BCUT2D eigenvalue weighted by Crippen LogP contribution is 2.27. The van der Waals surface area contributed by atoms with Gasteiger partial charge in [-0.1, -0.05) is 12.8 Å². The quantitative estimate of drug-likeness (QED) is 0.874. The van der Waals surface area contributed by atoms with E-state index in [1.807, 2.05) is 20.8 Å². The monoisotopic (exact) mass is 310 g/mol. The van der Waals surface area contributed by atoms with Gasteiger partial charge in [-0.25, -0.2) is 4.79 Å². The van der Waals surface area contributed by atoms with Gasteiger partial charge in [-0.2, -0.15) is 11.3 Å². The molecular weight excluding hydrogens is 284 g/mol. The molecule has 1 aliphatic carbocycles. The molecule has 2 N–H and O–H groups in total. The zero-order valence-electron chi connectivity index (χ0n) is 13.1. The highest BCUT2D eigenvalue weighted by Gasteiger charge is 2.26. The van der Waals surface area contributed by atoms with Crippen LogP contribution in [0.1, 0.15) is 46.5 Å². The van der Waals surface area contributed by atoms with E-state index in [0.717, 1.165) is 12.8 Å². The van der Waals surface area contributed by atoms with E-state index < -0.39 is 5.60 Å². The van der Waals surface area contributed by atoms with Crippen LogP contribution in [0, 0.1) is 5.92 Å². The maximum Gasteiger partial charge on any atom is 0.407 e. The van der Waals surface area contributed by atoms with E-state index in [1.54, 1.807) is 11.3 Å². The van der Waals surface area contributed by atoms with Gasteiger partial charge >= 0.3 is 6.09 Å². The van der Waals surface area contributed by atoms with Crippen molar-refractivity contribution in [3.05, 3.63) is 16.8 Å². The van der Waals surface area contributed by atoms with Crippen molar-refractivity contribution in [3.63, 3.8) is 0 Å². The first-order valence-corrected chi connectivity index (χ1v) is 8.64. The lowest BCUT2D eigenvalue weighted by Gasteiger charge is -2.33. The molecule has 0 aromatic carbocycles. The molecule has 0 saturated heterocycles. The Labute approximate surface area is 131 Å². The van der Waals surface area contributed by atoms with Gasteiger partial charge in [-0.15, -0.1) is 0 Å². The van der Waals surface area contributed by atoms with E-state index in [0.29, 0.717) is 18.5 Å². The van der Waals surface area contributed by atoms with Crippen LogP contribution in [0.5, 0.6) is 0 Å². The predicted octanol–water partition coefficient (Wildman–Crippen LogP) is 4.24. The number of nitrogens with one attached hydrogen (secondary N) is 2. The van der Waals surface area contributed by atoms with E-state index in [9.17, 15) is 4.79 Å². The van der Waals surface area contributed by atoms with Crippen molar-refractivity contribution >= 4 is 23.1 Å². The van der Waals surface area contributed by atoms with Crippen LogP contribution in [0.15, 0.2) is 16.8 Å². The number of alkyl carbamates (subject to hydrolysis) is 1. The summed E-state index contributed by atoms with van der Waals surface area (Å²) in [6, 6.07) is 2.54. The Morgan fingerprint density at radius 2 is 2.14 bits per heavy atom. The Morgan fingerprint density at radius 3 is 2.81 bits per heavy atom. The molecule has 2 unspecified atom stereocenters. The summed E-state index contributed by atoms with van der Waals surface area (Å²) >= 11 is 1.70. The molecule has 1 aliphatic rings. The van der Waals surface area contributed by atoms with Gasteiger partial charge in [-0.3, -0.25) is 0 Å². The van der Waals surface area contributed by atoms with Gasteiger partial charge in [0.1, 0.15) is 5.60 Å². The van der Waals surface area contributed by atoms with Crippen molar-refractivity contribution in [3.8, 4) is 0 Å². The number of amides is 1. The van der Waals surface area contributed by atoms with Crippen molar-refractivity contribution in [1.82, 2.24) is 5.32 Å². The summed E-state index contributed by atoms with van der Waals surface area (Å²) in [4.78, 5) is 11.8. The van der Waals surface area contributed by atoms with Gasteiger partial charge in [0.2, 0.25) is 0 Å². The second-order valence-electron chi connectivity index (χ2n) is 6.69. The molecule has 0 aliphatic heterocycles. The number of thiophene rings is 1. The summed E-state index contributed by atoms with van der Waals surface area (Å²) in [5.74, 6) is 0.464. The van der Waals surface area contributed by atoms with Gasteiger partial charge in [0.15, 0.2) is 0 Å². The summed E-state index contributed by atoms with van der Waals surface area (Å²) in [6.07, 6.45) is 4.49. The summed E-state index contributed by atoms with van der Waals surface area (Å²) in [5.41, 5.74) is 0.750. The molecule has 4 nitrogen and oxygen atoms in total. The molecule has 1 aromatic rings. The third-order valence-electron chi connectivity index (χ3n) is 3.69. The number of carbonyl (C=O) groups is 1. The van der Waals surface area contributed by atoms with E-state index in [1.165, 1.54) is 18.5 Å². The predicted molar refractivity (Wildman–Crippen MR) is 87.9 cm³/mol. The zero-order chi connectivity index (χ0) is 15.3. The first-order valence-electron chi connectivity index (χ1n) is 7.69. The van der Waals surface area contributed by atoms with Crippen molar-refractivity contribution in [1.29, 1.82) is 0 Å². The van der Waals surface area contributed by atoms with Crippen molar-refractivity contribution in [2.24, 2.45) is 5.92 Å². The standard InChI is InChI=1S/C16H26N2O2S/c1-16(2,3)20-15(19)17-10-12-6-4-5-7-14(12)18-13-8-9-21-11-13/h8-9,11-12,14,18H,4-7,10H2,1-3H3,(H,17,19). The lowest BCUT2D eigenvalue weighted by atomic mass is 9.84. The van der Waals surface area contributed by atoms with E-state index in [-0.39, 0.29) is 6.09 Å². The molecule has 21 heavy (non-hydrogen) atoms. The normalized spacial score (nSPS) is 22.6. The third kappa shape index (κ3) is 5.58. The molecule has 1 fully saturated rings. The lowest BCUT2D eigenvalue weighted by molar-refractivity contribution is 0.0514. The molecule has 1 heterocycles. The summed E-state index contributed by atoms with van der Waals surface area (Å²) < 4.78 is 5.30. The zero-order valence-corrected chi connectivity index (χ0v) is 14.0. The molecule has 2 atom stereocenters. The Morgan fingerprint density at radius 1 is 1.38 bits per heavy atom. The molecule has 0 bridgehead atoms. The number of hydrogen-bond donors (Lipinski definition) is 2. The van der Waals surface area contributed by atoms with Crippen LogP contribution in [-0.2, 0) is 4.74 Å². The molecule has 1 amide bonds. The fraction of sp³-hybridized carbons (Fsp3) is 0.688. The smallest absolute Gasteiger partial charge is 0.407 e. The van der Waals surface area contributed by atoms with Crippen molar-refractivity contribution in [2.45, 2.75) is 58.1 Å². The minimum atomic E-state index is -0.440. The van der Waals surface area contributed by atoms with E-state index in [4.69, 9.17) is 4.74 Å². The molecule has 0 spiro atoms. The number of hydrogen-bond acceptors (Lipinski definition) is 4. The van der Waals surface area contributed by atoms with Crippen LogP contribution in [0.4, 0.5) is 10.5 Å². The average molecular weight is 310 g/mol.